The number of nitrogens with zero attached hydrogens (tertiary/aromatic N) is 2. The average molecular weight is 487 g/mol. The molecular formula is C26H34N2O5S. The highest BCUT2D eigenvalue weighted by Crippen LogP contribution is 2.34. The van der Waals surface area contributed by atoms with Crippen LogP contribution in [0.25, 0.3) is 6.08 Å². The molecule has 3 rings (SSSR count). The molecule has 1 aliphatic rings. The molecule has 2 aromatic carbocycles. The van der Waals surface area contributed by atoms with Crippen LogP contribution in [0.5, 0.6) is 5.75 Å². The SMILES string of the molecule is C/C=C/c1ccc2c(c1)O[C@@H](CN(C)C(=O)Cc1ccccc1)[C@H](C)CN([C@@H](C)CO)S2(=O)=O. The van der Waals surface area contributed by atoms with Crippen molar-refractivity contribution < 1.29 is 23.1 Å². The third kappa shape index (κ3) is 5.87. The van der Waals surface area contributed by atoms with Crippen LogP contribution in [0.4, 0.5) is 0 Å². The number of hydrogen-bond acceptors (Lipinski definition) is 5. The van der Waals surface area contributed by atoms with Gasteiger partial charge in [0, 0.05) is 25.6 Å². The van der Waals surface area contributed by atoms with Gasteiger partial charge in [-0.3, -0.25) is 4.79 Å². The number of benzene rings is 2. The molecule has 34 heavy (non-hydrogen) atoms. The summed E-state index contributed by atoms with van der Waals surface area (Å²) in [7, 11) is -2.15. The molecular weight excluding hydrogens is 452 g/mol. The Bertz CT molecular complexity index is 1120. The fraction of sp³-hybridized carbons (Fsp3) is 0.423. The Morgan fingerprint density at radius 3 is 2.62 bits per heavy atom. The molecule has 1 amide bonds. The summed E-state index contributed by atoms with van der Waals surface area (Å²) in [6, 6.07) is 14.0. The van der Waals surface area contributed by atoms with Crippen LogP contribution in [0, 0.1) is 5.92 Å². The first kappa shape index (κ1) is 25.9. The molecule has 184 valence electrons. The van der Waals surface area contributed by atoms with Crippen molar-refractivity contribution in [3.63, 3.8) is 0 Å². The minimum atomic E-state index is -3.88. The number of fused-ring (bicyclic) bond motifs is 1. The van der Waals surface area contributed by atoms with Gasteiger partial charge in [-0.25, -0.2) is 8.42 Å². The van der Waals surface area contributed by atoms with Gasteiger partial charge >= 0.3 is 0 Å². The summed E-state index contributed by atoms with van der Waals surface area (Å²) in [6.45, 7) is 5.67. The molecule has 0 aromatic heterocycles. The van der Waals surface area contributed by atoms with E-state index in [2.05, 4.69) is 0 Å². The zero-order valence-corrected chi connectivity index (χ0v) is 21.0. The Labute approximate surface area is 202 Å². The lowest BCUT2D eigenvalue weighted by Gasteiger charge is -2.37. The minimum absolute atomic E-state index is 0.0415. The van der Waals surface area contributed by atoms with E-state index in [-0.39, 0.29) is 42.0 Å². The third-order valence-electron chi connectivity index (χ3n) is 6.13. The van der Waals surface area contributed by atoms with Crippen LogP contribution in [-0.4, -0.2) is 67.5 Å². The fourth-order valence-electron chi connectivity index (χ4n) is 4.03. The molecule has 0 radical (unpaired) electrons. The summed E-state index contributed by atoms with van der Waals surface area (Å²) < 4.78 is 34.6. The zero-order valence-electron chi connectivity index (χ0n) is 20.2. The molecule has 2 aromatic rings. The number of ether oxygens (including phenoxy) is 1. The van der Waals surface area contributed by atoms with E-state index in [1.165, 1.54) is 4.31 Å². The molecule has 0 bridgehead atoms. The zero-order chi connectivity index (χ0) is 24.9. The van der Waals surface area contributed by atoms with Crippen molar-refractivity contribution in [2.75, 3.05) is 26.7 Å². The van der Waals surface area contributed by atoms with Crippen LogP contribution in [0.3, 0.4) is 0 Å². The second-order valence-electron chi connectivity index (χ2n) is 8.88. The smallest absolute Gasteiger partial charge is 0.247 e. The topological polar surface area (TPSA) is 87.2 Å². The number of amides is 1. The van der Waals surface area contributed by atoms with Gasteiger partial charge in [0.05, 0.1) is 19.6 Å². The Morgan fingerprint density at radius 1 is 1.26 bits per heavy atom. The number of aliphatic hydroxyl groups excluding tert-OH is 1. The van der Waals surface area contributed by atoms with Gasteiger partial charge in [-0.05, 0) is 37.1 Å². The largest absolute Gasteiger partial charge is 0.487 e. The number of carbonyl (C=O) groups excluding carboxylic acids is 1. The van der Waals surface area contributed by atoms with E-state index < -0.39 is 22.2 Å². The van der Waals surface area contributed by atoms with Crippen LogP contribution in [0.2, 0.25) is 0 Å². The highest BCUT2D eigenvalue weighted by molar-refractivity contribution is 7.89. The quantitative estimate of drug-likeness (QED) is 0.650. The lowest BCUT2D eigenvalue weighted by molar-refractivity contribution is -0.130. The molecule has 1 heterocycles. The number of rotatable bonds is 7. The molecule has 7 nitrogen and oxygen atoms in total. The van der Waals surface area contributed by atoms with Crippen molar-refractivity contribution in [3.05, 3.63) is 65.7 Å². The number of carbonyl (C=O) groups is 1. The van der Waals surface area contributed by atoms with Gasteiger partial charge in [-0.2, -0.15) is 4.31 Å². The highest BCUT2D eigenvalue weighted by atomic mass is 32.2. The van der Waals surface area contributed by atoms with Gasteiger partial charge in [0.15, 0.2) is 0 Å². The van der Waals surface area contributed by atoms with E-state index in [9.17, 15) is 18.3 Å². The van der Waals surface area contributed by atoms with Crippen LogP contribution in [0.1, 0.15) is 31.9 Å². The lowest BCUT2D eigenvalue weighted by atomic mass is 10.0. The van der Waals surface area contributed by atoms with Gasteiger partial charge in [0.1, 0.15) is 16.7 Å². The van der Waals surface area contributed by atoms with Gasteiger partial charge in [-0.15, -0.1) is 0 Å². The standard InChI is InChI=1S/C26H34N2O5S/c1-5-9-21-12-13-25-23(14-21)33-24(19(2)16-28(20(3)18-29)34(25,31)32)17-27(4)26(30)15-22-10-7-6-8-11-22/h5-14,19-20,24,29H,15-18H2,1-4H3/b9-5+/t19-,20+,24+/m1/s1. The van der Waals surface area contributed by atoms with E-state index in [0.717, 1.165) is 11.1 Å². The molecule has 1 N–H and O–H groups in total. The van der Waals surface area contributed by atoms with E-state index >= 15 is 0 Å². The number of sulfonamides is 1. The molecule has 8 heteroatoms. The maximum absolute atomic E-state index is 13.5. The van der Waals surface area contributed by atoms with Crippen molar-refractivity contribution in [2.45, 2.75) is 44.2 Å². The monoisotopic (exact) mass is 486 g/mol. The van der Waals surface area contributed by atoms with Gasteiger partial charge in [0.25, 0.3) is 0 Å². The average Bonchev–Trinajstić information content (AvgIpc) is 2.81. The van der Waals surface area contributed by atoms with E-state index in [4.69, 9.17) is 4.74 Å². The maximum Gasteiger partial charge on any atom is 0.247 e. The summed E-state index contributed by atoms with van der Waals surface area (Å²) in [5, 5.41) is 9.75. The maximum atomic E-state index is 13.5. The Balaban J connectivity index is 1.94. The molecule has 0 saturated carbocycles. The number of aliphatic hydroxyl groups is 1. The van der Waals surface area contributed by atoms with Gasteiger partial charge < -0.3 is 14.7 Å². The second-order valence-corrected chi connectivity index (χ2v) is 10.7. The van der Waals surface area contributed by atoms with Crippen molar-refractivity contribution in [1.82, 2.24) is 9.21 Å². The first-order chi connectivity index (χ1) is 16.2. The second kappa shape index (κ2) is 11.2. The fourth-order valence-corrected chi connectivity index (χ4v) is 5.86. The Kier molecular flexibility index (Phi) is 8.52. The Morgan fingerprint density at radius 2 is 1.97 bits per heavy atom. The van der Waals surface area contributed by atoms with Crippen LogP contribution in [0.15, 0.2) is 59.5 Å². The lowest BCUT2D eigenvalue weighted by Crippen LogP contribution is -2.50. The molecule has 0 saturated heterocycles. The molecule has 0 aliphatic carbocycles. The number of allylic oxidation sites excluding steroid dienone is 1. The molecule has 0 spiro atoms. The number of hydrogen-bond donors (Lipinski definition) is 1. The summed E-state index contributed by atoms with van der Waals surface area (Å²) in [6.07, 6.45) is 3.59. The molecule has 0 unspecified atom stereocenters. The molecule has 0 fully saturated rings. The van der Waals surface area contributed by atoms with Gasteiger partial charge in [-0.1, -0.05) is 55.5 Å². The van der Waals surface area contributed by atoms with Crippen LogP contribution in [-0.2, 0) is 21.2 Å². The predicted octanol–water partition coefficient (Wildman–Crippen LogP) is 3.19. The third-order valence-corrected chi connectivity index (χ3v) is 8.15. The van der Waals surface area contributed by atoms with E-state index in [1.807, 2.05) is 56.3 Å². The first-order valence-corrected chi connectivity index (χ1v) is 12.9. The van der Waals surface area contributed by atoms with Crippen molar-refractivity contribution in [2.24, 2.45) is 5.92 Å². The Hall–Kier alpha value is -2.68. The van der Waals surface area contributed by atoms with Crippen LogP contribution >= 0.6 is 0 Å². The summed E-state index contributed by atoms with van der Waals surface area (Å²) in [4.78, 5) is 14.6. The number of likely N-dealkylation sites (N-methyl/N-ethyl adjacent to an activating group) is 1. The summed E-state index contributed by atoms with van der Waals surface area (Å²) in [5.74, 6) is -0.0133. The highest BCUT2D eigenvalue weighted by Gasteiger charge is 2.38. The van der Waals surface area contributed by atoms with E-state index in [1.54, 1.807) is 37.1 Å². The van der Waals surface area contributed by atoms with Crippen molar-refractivity contribution in [3.8, 4) is 5.75 Å². The molecule has 1 aliphatic heterocycles. The van der Waals surface area contributed by atoms with Crippen molar-refractivity contribution in [1.29, 1.82) is 0 Å². The summed E-state index contributed by atoms with van der Waals surface area (Å²) >= 11 is 0. The van der Waals surface area contributed by atoms with Crippen LogP contribution < -0.4 is 4.74 Å². The first-order valence-electron chi connectivity index (χ1n) is 11.5. The molecule has 3 atom stereocenters. The summed E-state index contributed by atoms with van der Waals surface area (Å²) in [5.41, 5.74) is 1.75. The van der Waals surface area contributed by atoms with E-state index in [0.29, 0.717) is 6.54 Å². The van der Waals surface area contributed by atoms with Crippen molar-refractivity contribution >= 4 is 22.0 Å². The minimum Gasteiger partial charge on any atom is -0.487 e. The predicted molar refractivity (Wildman–Crippen MR) is 133 cm³/mol. The van der Waals surface area contributed by atoms with Gasteiger partial charge in [0.2, 0.25) is 15.9 Å². The normalized spacial score (nSPS) is 21.2.